The number of thiazole rings is 1. The van der Waals surface area contributed by atoms with Gasteiger partial charge >= 0.3 is 0 Å². The van der Waals surface area contributed by atoms with Crippen molar-refractivity contribution in [3.8, 4) is 0 Å². The Bertz CT molecular complexity index is 436. The van der Waals surface area contributed by atoms with Gasteiger partial charge in [-0.2, -0.15) is 0 Å². The Morgan fingerprint density at radius 1 is 1.25 bits per heavy atom. The molecule has 20 heavy (non-hydrogen) atoms. The van der Waals surface area contributed by atoms with Crippen LogP contribution in [0.25, 0.3) is 0 Å². The van der Waals surface area contributed by atoms with Crippen molar-refractivity contribution in [3.63, 3.8) is 0 Å². The van der Waals surface area contributed by atoms with Gasteiger partial charge in [-0.15, -0.1) is 0 Å². The van der Waals surface area contributed by atoms with Crippen LogP contribution in [0.15, 0.2) is 0 Å². The molecule has 0 amide bonds. The minimum Gasteiger partial charge on any atom is -0.385 e. The summed E-state index contributed by atoms with van der Waals surface area (Å²) in [6.45, 7) is 14.7. The van der Waals surface area contributed by atoms with Crippen LogP contribution in [-0.4, -0.2) is 23.2 Å². The smallest absolute Gasteiger partial charge is 0.185 e. The fraction of sp³-hybridized carbons (Fsp3) is 0.812. The maximum absolute atomic E-state index is 10.4. The SMILES string of the molecule is CC1CCCN(c2nc(C(C)(C)C)c(C(C)(C)O)s2)C1. The molecule has 2 rings (SSSR count). The van der Waals surface area contributed by atoms with Crippen LogP contribution in [0.5, 0.6) is 0 Å². The average molecular weight is 296 g/mol. The first kappa shape index (κ1) is 15.8. The van der Waals surface area contributed by atoms with Crippen LogP contribution in [0.4, 0.5) is 5.13 Å². The van der Waals surface area contributed by atoms with Crippen LogP contribution < -0.4 is 4.90 Å². The second-order valence-corrected chi connectivity index (χ2v) is 8.65. The molecule has 0 bridgehead atoms. The molecule has 1 aromatic heterocycles. The minimum absolute atomic E-state index is 0.0362. The first-order chi connectivity index (χ1) is 9.09. The van der Waals surface area contributed by atoms with Crippen molar-refractivity contribution in [2.45, 2.75) is 65.4 Å². The highest BCUT2D eigenvalue weighted by molar-refractivity contribution is 7.15. The second kappa shape index (κ2) is 5.30. The molecule has 1 N–H and O–H groups in total. The summed E-state index contributed by atoms with van der Waals surface area (Å²) in [6.07, 6.45) is 2.55. The van der Waals surface area contributed by atoms with E-state index in [0.717, 1.165) is 34.7 Å². The summed E-state index contributed by atoms with van der Waals surface area (Å²) in [7, 11) is 0. The minimum atomic E-state index is -0.820. The first-order valence-electron chi connectivity index (χ1n) is 7.58. The van der Waals surface area contributed by atoms with Crippen molar-refractivity contribution >= 4 is 16.5 Å². The lowest BCUT2D eigenvalue weighted by Crippen LogP contribution is -2.34. The van der Waals surface area contributed by atoms with Crippen LogP contribution in [0.3, 0.4) is 0 Å². The zero-order valence-electron chi connectivity index (χ0n) is 13.7. The van der Waals surface area contributed by atoms with Crippen LogP contribution >= 0.6 is 11.3 Å². The van der Waals surface area contributed by atoms with Crippen LogP contribution in [0.2, 0.25) is 0 Å². The third kappa shape index (κ3) is 3.34. The summed E-state index contributed by atoms with van der Waals surface area (Å²) in [4.78, 5) is 8.29. The normalized spacial score (nSPS) is 21.4. The highest BCUT2D eigenvalue weighted by atomic mass is 32.1. The van der Waals surface area contributed by atoms with Gasteiger partial charge in [-0.25, -0.2) is 4.98 Å². The molecule has 2 heterocycles. The molecule has 114 valence electrons. The molecule has 1 saturated heterocycles. The lowest BCUT2D eigenvalue weighted by Gasteiger charge is -2.30. The monoisotopic (exact) mass is 296 g/mol. The number of anilines is 1. The van der Waals surface area contributed by atoms with E-state index in [0.29, 0.717) is 0 Å². The highest BCUT2D eigenvalue weighted by Gasteiger charge is 2.32. The summed E-state index contributed by atoms with van der Waals surface area (Å²) in [5, 5.41) is 11.5. The summed E-state index contributed by atoms with van der Waals surface area (Å²) in [5.41, 5.74) is 0.189. The second-order valence-electron chi connectivity index (χ2n) is 7.68. The number of aliphatic hydroxyl groups is 1. The van der Waals surface area contributed by atoms with Gasteiger partial charge in [0.1, 0.15) is 0 Å². The topological polar surface area (TPSA) is 36.4 Å². The Morgan fingerprint density at radius 3 is 2.35 bits per heavy atom. The average Bonchev–Trinajstić information content (AvgIpc) is 2.72. The predicted molar refractivity (Wildman–Crippen MR) is 86.7 cm³/mol. The maximum atomic E-state index is 10.4. The van der Waals surface area contributed by atoms with Crippen molar-refractivity contribution in [2.24, 2.45) is 5.92 Å². The Labute approximate surface area is 127 Å². The van der Waals surface area contributed by atoms with Crippen molar-refractivity contribution in [2.75, 3.05) is 18.0 Å². The van der Waals surface area contributed by atoms with Crippen molar-refractivity contribution in [3.05, 3.63) is 10.6 Å². The number of hydrogen-bond acceptors (Lipinski definition) is 4. The Kier molecular flexibility index (Phi) is 4.18. The Balaban J connectivity index is 2.39. The largest absolute Gasteiger partial charge is 0.385 e. The van der Waals surface area contributed by atoms with Gasteiger partial charge in [-0.1, -0.05) is 39.0 Å². The molecule has 0 radical (unpaired) electrons. The van der Waals surface area contributed by atoms with E-state index in [9.17, 15) is 5.11 Å². The zero-order chi connectivity index (χ0) is 15.1. The first-order valence-corrected chi connectivity index (χ1v) is 8.40. The summed E-state index contributed by atoms with van der Waals surface area (Å²) in [5.74, 6) is 0.733. The number of rotatable bonds is 2. The predicted octanol–water partition coefficient (Wildman–Crippen LogP) is 3.90. The van der Waals surface area contributed by atoms with Gasteiger partial charge in [-0.3, -0.25) is 0 Å². The molecule has 1 aromatic rings. The van der Waals surface area contributed by atoms with E-state index in [-0.39, 0.29) is 5.41 Å². The lowest BCUT2D eigenvalue weighted by atomic mass is 9.88. The number of nitrogens with zero attached hydrogens (tertiary/aromatic N) is 2. The van der Waals surface area contributed by atoms with Crippen molar-refractivity contribution in [1.82, 2.24) is 4.98 Å². The quantitative estimate of drug-likeness (QED) is 0.899. The summed E-state index contributed by atoms with van der Waals surface area (Å²) < 4.78 is 0. The molecule has 1 aliphatic rings. The molecule has 1 unspecified atom stereocenters. The van der Waals surface area contributed by atoms with Gasteiger partial charge in [-0.05, 0) is 32.6 Å². The fourth-order valence-corrected chi connectivity index (χ4v) is 4.04. The number of piperidine rings is 1. The van der Waals surface area contributed by atoms with Gasteiger partial charge in [0.05, 0.1) is 16.2 Å². The zero-order valence-corrected chi connectivity index (χ0v) is 14.5. The molecular weight excluding hydrogens is 268 g/mol. The van der Waals surface area contributed by atoms with E-state index in [1.165, 1.54) is 12.8 Å². The lowest BCUT2D eigenvalue weighted by molar-refractivity contribution is 0.0803. The molecule has 3 nitrogen and oxygen atoms in total. The van der Waals surface area contributed by atoms with Crippen molar-refractivity contribution in [1.29, 1.82) is 0 Å². The van der Waals surface area contributed by atoms with Crippen LogP contribution in [0, 0.1) is 5.92 Å². The van der Waals surface area contributed by atoms with Gasteiger partial charge in [0.25, 0.3) is 0 Å². The molecule has 0 spiro atoms. The number of hydrogen-bond donors (Lipinski definition) is 1. The Morgan fingerprint density at radius 2 is 1.90 bits per heavy atom. The van der Waals surface area contributed by atoms with Gasteiger partial charge in [0.2, 0.25) is 0 Å². The molecule has 1 aliphatic heterocycles. The van der Waals surface area contributed by atoms with Gasteiger partial charge < -0.3 is 10.0 Å². The van der Waals surface area contributed by atoms with Crippen molar-refractivity contribution < 1.29 is 5.11 Å². The van der Waals surface area contributed by atoms with E-state index >= 15 is 0 Å². The van der Waals surface area contributed by atoms with Gasteiger partial charge in [0.15, 0.2) is 5.13 Å². The maximum Gasteiger partial charge on any atom is 0.185 e. The van der Waals surface area contributed by atoms with Gasteiger partial charge in [0, 0.05) is 18.5 Å². The molecule has 1 atom stereocenters. The van der Waals surface area contributed by atoms with E-state index < -0.39 is 5.60 Å². The summed E-state index contributed by atoms with van der Waals surface area (Å²) >= 11 is 1.67. The third-order valence-electron chi connectivity index (χ3n) is 3.81. The summed E-state index contributed by atoms with van der Waals surface area (Å²) in [6, 6.07) is 0. The fourth-order valence-electron chi connectivity index (χ4n) is 2.73. The van der Waals surface area contributed by atoms with Crippen LogP contribution in [0.1, 0.15) is 65.0 Å². The molecule has 0 aromatic carbocycles. The van der Waals surface area contributed by atoms with E-state index in [1.54, 1.807) is 11.3 Å². The molecule has 0 saturated carbocycles. The molecule has 4 heteroatoms. The van der Waals surface area contributed by atoms with E-state index in [4.69, 9.17) is 4.98 Å². The van der Waals surface area contributed by atoms with Crippen LogP contribution in [-0.2, 0) is 11.0 Å². The molecule has 0 aliphatic carbocycles. The number of aromatic nitrogens is 1. The Hall–Kier alpha value is -0.610. The third-order valence-corrected chi connectivity index (χ3v) is 5.24. The molecular formula is C16H28N2OS. The van der Waals surface area contributed by atoms with E-state index in [1.807, 2.05) is 13.8 Å². The molecule has 1 fully saturated rings. The van der Waals surface area contributed by atoms with E-state index in [2.05, 4.69) is 32.6 Å². The standard InChI is InChI=1S/C16H28N2OS/c1-11-8-7-9-18(10-11)14-17-12(15(2,3)4)13(20-14)16(5,6)19/h11,19H,7-10H2,1-6H3. The highest BCUT2D eigenvalue weighted by Crippen LogP contribution is 2.40.